The summed E-state index contributed by atoms with van der Waals surface area (Å²) in [6.45, 7) is 0.478. The van der Waals surface area contributed by atoms with Gasteiger partial charge in [0, 0.05) is 15.6 Å². The number of amides is 1. The van der Waals surface area contributed by atoms with Gasteiger partial charge in [-0.3, -0.25) is 9.69 Å². The second kappa shape index (κ2) is 14.6. The number of amidine groups is 1. The molecule has 1 aliphatic heterocycles. The summed E-state index contributed by atoms with van der Waals surface area (Å²) in [5, 5.41) is 10.3. The van der Waals surface area contributed by atoms with Gasteiger partial charge in [-0.15, -0.1) is 5.10 Å². The van der Waals surface area contributed by atoms with Gasteiger partial charge in [-0.25, -0.2) is 0 Å². The molecule has 1 aromatic heterocycles. The molecule has 10 heteroatoms. The van der Waals surface area contributed by atoms with Gasteiger partial charge in [0.05, 0.1) is 31.0 Å². The zero-order valence-corrected chi connectivity index (χ0v) is 26.9. The van der Waals surface area contributed by atoms with E-state index in [1.807, 2.05) is 66.7 Å². The summed E-state index contributed by atoms with van der Waals surface area (Å²) in [5.41, 5.74) is 4.68. The van der Waals surface area contributed by atoms with E-state index in [9.17, 15) is 4.79 Å². The van der Waals surface area contributed by atoms with Crippen molar-refractivity contribution in [3.05, 3.63) is 147 Å². The van der Waals surface area contributed by atoms with Gasteiger partial charge in [0.25, 0.3) is 5.91 Å². The van der Waals surface area contributed by atoms with Crippen LogP contribution >= 0.6 is 35.0 Å². The maximum absolute atomic E-state index is 13.5. The Morgan fingerprint density at radius 3 is 2.39 bits per heavy atom. The van der Waals surface area contributed by atoms with Gasteiger partial charge in [0.1, 0.15) is 12.4 Å². The first-order chi connectivity index (χ1) is 22.5. The Labute approximate surface area is 280 Å². The van der Waals surface area contributed by atoms with Gasteiger partial charge >= 0.3 is 0 Å². The molecule has 2 heterocycles. The van der Waals surface area contributed by atoms with Crippen LogP contribution in [0.3, 0.4) is 0 Å². The van der Waals surface area contributed by atoms with Gasteiger partial charge < -0.3 is 13.9 Å². The summed E-state index contributed by atoms with van der Waals surface area (Å²) in [6.07, 6.45) is 5.04. The molecule has 1 amide bonds. The Bertz CT molecular complexity index is 1930. The first-order valence-electron chi connectivity index (χ1n) is 14.2. The highest BCUT2D eigenvalue weighted by molar-refractivity contribution is 8.18. The fraction of sp³-hybridized carbons (Fsp3) is 0.0833. The van der Waals surface area contributed by atoms with E-state index in [0.717, 1.165) is 27.8 Å². The molecule has 1 saturated heterocycles. The highest BCUT2D eigenvalue weighted by atomic mass is 35.5. The minimum absolute atomic E-state index is 0.175. The van der Waals surface area contributed by atoms with Gasteiger partial charge in [0.15, 0.2) is 16.7 Å². The van der Waals surface area contributed by atoms with Crippen LogP contribution in [0.2, 0.25) is 10.0 Å². The van der Waals surface area contributed by atoms with Gasteiger partial charge in [-0.1, -0.05) is 83.9 Å². The summed E-state index contributed by atoms with van der Waals surface area (Å²) in [6, 6.07) is 32.5. The third-order valence-electron chi connectivity index (χ3n) is 7.03. The van der Waals surface area contributed by atoms with Crippen LogP contribution in [0.15, 0.2) is 129 Å². The van der Waals surface area contributed by atoms with Crippen molar-refractivity contribution in [1.29, 1.82) is 0 Å². The van der Waals surface area contributed by atoms with E-state index in [1.165, 1.54) is 11.8 Å². The molecule has 0 unspecified atom stereocenters. The third kappa shape index (κ3) is 7.54. The number of hydrogen-bond donors (Lipinski definition) is 0. The number of carbonyl (C=O) groups excluding carboxylic acids is 1. The maximum Gasteiger partial charge on any atom is 0.267 e. The van der Waals surface area contributed by atoms with Crippen molar-refractivity contribution in [2.24, 2.45) is 10.2 Å². The molecule has 0 N–H and O–H groups in total. The van der Waals surface area contributed by atoms with Crippen molar-refractivity contribution in [3.8, 4) is 22.6 Å². The molecule has 5 aromatic rings. The zero-order valence-electron chi connectivity index (χ0n) is 24.6. The van der Waals surface area contributed by atoms with Crippen LogP contribution in [-0.2, 0) is 17.9 Å². The Kier molecular flexibility index (Phi) is 9.88. The van der Waals surface area contributed by atoms with Crippen molar-refractivity contribution in [1.82, 2.24) is 4.90 Å². The second-order valence-corrected chi connectivity index (χ2v) is 12.0. The quantitative estimate of drug-likeness (QED) is 0.0842. The van der Waals surface area contributed by atoms with Crippen LogP contribution in [0, 0.1) is 0 Å². The lowest BCUT2D eigenvalue weighted by Crippen LogP contribution is -2.28. The molecule has 1 fully saturated rings. The van der Waals surface area contributed by atoms with Crippen LogP contribution in [0.4, 0.5) is 0 Å². The van der Waals surface area contributed by atoms with Crippen molar-refractivity contribution in [2.75, 3.05) is 7.11 Å². The topological polar surface area (TPSA) is 76.6 Å². The van der Waals surface area contributed by atoms with Crippen LogP contribution < -0.4 is 9.47 Å². The minimum atomic E-state index is -0.175. The number of ether oxygens (including phenoxy) is 2. The number of methoxy groups -OCH3 is 1. The van der Waals surface area contributed by atoms with Crippen LogP contribution in [0.1, 0.15) is 22.5 Å². The molecule has 4 aromatic carbocycles. The number of thioether (sulfide) groups is 1. The third-order valence-corrected chi connectivity index (χ3v) is 8.62. The molecule has 0 atom stereocenters. The molecule has 6 rings (SSSR count). The summed E-state index contributed by atoms with van der Waals surface area (Å²) in [5.74, 6) is 1.53. The molecular formula is C36H27Cl2N3O4S. The number of nitrogens with zero attached hydrogens (tertiary/aromatic N) is 3. The molecule has 7 nitrogen and oxygen atoms in total. The predicted octanol–water partition coefficient (Wildman–Crippen LogP) is 9.35. The number of carbonyl (C=O) groups is 1. The highest BCUT2D eigenvalue weighted by Crippen LogP contribution is 2.35. The van der Waals surface area contributed by atoms with E-state index >= 15 is 0 Å². The summed E-state index contributed by atoms with van der Waals surface area (Å²) in [7, 11) is 1.56. The fourth-order valence-corrected chi connectivity index (χ4v) is 6.05. The average Bonchev–Trinajstić information content (AvgIpc) is 3.70. The molecule has 1 aliphatic rings. The number of rotatable bonds is 10. The molecule has 0 saturated carbocycles. The van der Waals surface area contributed by atoms with E-state index in [4.69, 9.17) is 37.1 Å². The SMILES string of the molecule is COc1cc(/C=N/N=C2\S/C(=C\c3ccc(-c4ccccc4)cc3)C(=O)N2Cc2ccco2)ccc1OCc1ccc(Cl)cc1Cl. The lowest BCUT2D eigenvalue weighted by molar-refractivity contribution is -0.122. The number of hydrogen-bond acceptors (Lipinski definition) is 7. The number of furan rings is 1. The zero-order chi connectivity index (χ0) is 31.9. The lowest BCUT2D eigenvalue weighted by atomic mass is 10.0. The molecule has 0 aliphatic carbocycles. The molecule has 0 radical (unpaired) electrons. The first kappa shape index (κ1) is 31.2. The largest absolute Gasteiger partial charge is 0.493 e. The summed E-state index contributed by atoms with van der Waals surface area (Å²) < 4.78 is 17.0. The summed E-state index contributed by atoms with van der Waals surface area (Å²) >= 11 is 13.5. The van der Waals surface area contributed by atoms with E-state index in [1.54, 1.807) is 54.8 Å². The smallest absolute Gasteiger partial charge is 0.267 e. The van der Waals surface area contributed by atoms with E-state index in [2.05, 4.69) is 22.3 Å². The predicted molar refractivity (Wildman–Crippen MR) is 186 cm³/mol. The van der Waals surface area contributed by atoms with Gasteiger partial charge in [-0.2, -0.15) is 5.10 Å². The highest BCUT2D eigenvalue weighted by Gasteiger charge is 2.34. The number of benzene rings is 4. The standard InChI is InChI=1S/C36H27Cl2N3O4S/c1-43-33-18-25(11-16-32(33)45-23-28-14-15-29(37)20-31(28)38)21-39-40-36-41(22-30-8-5-17-44-30)35(42)34(46-36)19-24-9-12-27(13-10-24)26-6-3-2-4-7-26/h2-21H,22-23H2,1H3/b34-19-,39-21+,40-36-. The van der Waals surface area contributed by atoms with Crippen molar-refractivity contribution in [3.63, 3.8) is 0 Å². The van der Waals surface area contributed by atoms with Crippen molar-refractivity contribution in [2.45, 2.75) is 13.2 Å². The van der Waals surface area contributed by atoms with E-state index < -0.39 is 0 Å². The molecular weight excluding hydrogens is 641 g/mol. The Hall–Kier alpha value is -4.76. The van der Waals surface area contributed by atoms with Crippen LogP contribution in [-0.4, -0.2) is 29.3 Å². The Balaban J connectivity index is 1.19. The van der Waals surface area contributed by atoms with Crippen LogP contribution in [0.5, 0.6) is 11.5 Å². The first-order valence-corrected chi connectivity index (χ1v) is 15.8. The Morgan fingerprint density at radius 2 is 1.65 bits per heavy atom. The summed E-state index contributed by atoms with van der Waals surface area (Å²) in [4.78, 5) is 15.6. The molecule has 0 spiro atoms. The Morgan fingerprint density at radius 1 is 0.870 bits per heavy atom. The van der Waals surface area contributed by atoms with E-state index in [0.29, 0.717) is 37.4 Å². The fourth-order valence-electron chi connectivity index (χ4n) is 4.66. The van der Waals surface area contributed by atoms with Crippen LogP contribution in [0.25, 0.3) is 17.2 Å². The second-order valence-electron chi connectivity index (χ2n) is 10.1. The molecule has 46 heavy (non-hydrogen) atoms. The van der Waals surface area contributed by atoms with Crippen molar-refractivity contribution < 1.29 is 18.7 Å². The van der Waals surface area contributed by atoms with Gasteiger partial charge in [-0.05, 0) is 82.6 Å². The lowest BCUT2D eigenvalue weighted by Gasteiger charge is -2.13. The minimum Gasteiger partial charge on any atom is -0.493 e. The molecule has 0 bridgehead atoms. The normalized spacial score (nSPS) is 14.9. The van der Waals surface area contributed by atoms with Gasteiger partial charge in [0.2, 0.25) is 0 Å². The number of halogens is 2. The monoisotopic (exact) mass is 667 g/mol. The van der Waals surface area contributed by atoms with Crippen molar-refractivity contribution >= 4 is 58.3 Å². The van der Waals surface area contributed by atoms with E-state index in [-0.39, 0.29) is 19.1 Å². The maximum atomic E-state index is 13.5. The molecule has 230 valence electrons. The average molecular weight is 669 g/mol.